The third-order valence-electron chi connectivity index (χ3n) is 4.39. The van der Waals surface area contributed by atoms with Gasteiger partial charge in [0.05, 0.1) is 5.02 Å². The van der Waals surface area contributed by atoms with Crippen molar-refractivity contribution in [1.29, 1.82) is 0 Å². The summed E-state index contributed by atoms with van der Waals surface area (Å²) >= 11 is 7.84. The number of halogens is 1. The van der Waals surface area contributed by atoms with E-state index in [-0.39, 0.29) is 18.6 Å². The van der Waals surface area contributed by atoms with Crippen molar-refractivity contribution in [2.45, 2.75) is 32.2 Å². The molecule has 0 aliphatic carbocycles. The molecule has 0 radical (unpaired) electrons. The van der Waals surface area contributed by atoms with Crippen LogP contribution in [0, 0.1) is 0 Å². The second kappa shape index (κ2) is 8.02. The van der Waals surface area contributed by atoms with Gasteiger partial charge < -0.3 is 9.64 Å². The van der Waals surface area contributed by atoms with Crippen molar-refractivity contribution in [3.63, 3.8) is 0 Å². The number of thiophene rings is 1. The Balaban J connectivity index is 1.57. The van der Waals surface area contributed by atoms with Gasteiger partial charge in [-0.2, -0.15) is 0 Å². The lowest BCUT2D eigenvalue weighted by Gasteiger charge is -2.33. The van der Waals surface area contributed by atoms with Crippen LogP contribution in [0.4, 0.5) is 0 Å². The van der Waals surface area contributed by atoms with Crippen LogP contribution >= 0.6 is 22.9 Å². The molecule has 3 rings (SSSR count). The number of fused-ring (bicyclic) bond motifs is 1. The van der Waals surface area contributed by atoms with Gasteiger partial charge in [-0.15, -0.1) is 11.3 Å². The summed E-state index contributed by atoms with van der Waals surface area (Å²) in [5.41, 5.74) is 0. The lowest BCUT2D eigenvalue weighted by Crippen LogP contribution is -2.44. The molecule has 6 heteroatoms. The van der Waals surface area contributed by atoms with E-state index in [9.17, 15) is 9.59 Å². The Hall–Kier alpha value is -1.85. The molecule has 1 amide bonds. The Bertz CT molecular complexity index is 814. The van der Waals surface area contributed by atoms with Gasteiger partial charge in [-0.1, -0.05) is 29.8 Å². The number of piperidine rings is 1. The number of likely N-dealkylation sites (tertiary alicyclic amines) is 1. The van der Waals surface area contributed by atoms with Crippen LogP contribution < -0.4 is 0 Å². The average Bonchev–Trinajstić information content (AvgIpc) is 2.94. The predicted octanol–water partition coefficient (Wildman–Crippen LogP) is 4.51. The molecule has 1 aromatic heterocycles. The molecule has 1 saturated heterocycles. The van der Waals surface area contributed by atoms with Crippen molar-refractivity contribution in [2.24, 2.45) is 0 Å². The van der Waals surface area contributed by atoms with Crippen LogP contribution in [0.5, 0.6) is 0 Å². The van der Waals surface area contributed by atoms with E-state index in [1.54, 1.807) is 11.0 Å². The van der Waals surface area contributed by atoms with E-state index in [1.165, 1.54) is 17.4 Å². The van der Waals surface area contributed by atoms with Gasteiger partial charge in [0.2, 0.25) is 0 Å². The van der Waals surface area contributed by atoms with Crippen molar-refractivity contribution in [2.75, 3.05) is 13.2 Å². The van der Waals surface area contributed by atoms with E-state index in [0.717, 1.165) is 40.8 Å². The number of nitrogens with zero attached hydrogens (tertiary/aromatic N) is 1. The molecule has 1 atom stereocenters. The van der Waals surface area contributed by atoms with Crippen LogP contribution in [0.1, 0.15) is 31.1 Å². The molecule has 1 fully saturated rings. The lowest BCUT2D eigenvalue weighted by atomic mass is 10.0. The molecule has 4 nitrogen and oxygen atoms in total. The predicted molar refractivity (Wildman–Crippen MR) is 102 cm³/mol. The number of rotatable bonds is 4. The number of amides is 1. The zero-order valence-corrected chi connectivity index (χ0v) is 15.6. The lowest BCUT2D eigenvalue weighted by molar-refractivity contribution is -0.149. The summed E-state index contributed by atoms with van der Waals surface area (Å²) in [6.07, 6.45) is 6.12. The molecular weight excluding hydrogens is 358 g/mol. The Labute approximate surface area is 156 Å². The van der Waals surface area contributed by atoms with Gasteiger partial charge >= 0.3 is 5.97 Å². The topological polar surface area (TPSA) is 46.6 Å². The molecule has 0 spiro atoms. The highest BCUT2D eigenvalue weighted by Crippen LogP contribution is 2.35. The van der Waals surface area contributed by atoms with E-state index >= 15 is 0 Å². The number of carbonyl (C=O) groups is 2. The van der Waals surface area contributed by atoms with Crippen LogP contribution in [-0.2, 0) is 14.3 Å². The summed E-state index contributed by atoms with van der Waals surface area (Å²) in [6.45, 7) is 2.56. The Morgan fingerprint density at radius 2 is 2.16 bits per heavy atom. The summed E-state index contributed by atoms with van der Waals surface area (Å²) in [4.78, 5) is 26.7. The monoisotopic (exact) mass is 377 g/mol. The van der Waals surface area contributed by atoms with Crippen molar-refractivity contribution in [1.82, 2.24) is 4.90 Å². The van der Waals surface area contributed by atoms with Crippen LogP contribution in [0.2, 0.25) is 5.02 Å². The largest absolute Gasteiger partial charge is 0.452 e. The summed E-state index contributed by atoms with van der Waals surface area (Å²) in [5.74, 6) is -0.666. The van der Waals surface area contributed by atoms with Gasteiger partial charge in [0.1, 0.15) is 0 Å². The zero-order valence-electron chi connectivity index (χ0n) is 14.0. The van der Waals surface area contributed by atoms with E-state index in [0.29, 0.717) is 5.02 Å². The number of hydrogen-bond donors (Lipinski definition) is 0. The normalized spacial score (nSPS) is 18.0. The fraction of sp³-hybridized carbons (Fsp3) is 0.368. The molecule has 1 aliphatic rings. The molecule has 25 heavy (non-hydrogen) atoms. The third-order valence-corrected chi connectivity index (χ3v) is 6.05. The van der Waals surface area contributed by atoms with Crippen LogP contribution in [0.15, 0.2) is 30.3 Å². The first kappa shape index (κ1) is 18.0. The standard InChI is InChI=1S/C19H20ClNO3S/c1-13-6-4-5-11-21(13)17(22)12-24-18(23)10-9-16-19(20)14-7-2-3-8-15(14)25-16/h2-3,7-10,13H,4-6,11-12H2,1H3/b10-9+/t13-/m0/s1. The second-order valence-corrected chi connectivity index (χ2v) is 7.61. The van der Waals surface area contributed by atoms with Gasteiger partial charge in [0.25, 0.3) is 5.91 Å². The van der Waals surface area contributed by atoms with Gasteiger partial charge in [-0.25, -0.2) is 4.79 Å². The molecule has 0 N–H and O–H groups in total. The summed E-state index contributed by atoms with van der Waals surface area (Å²) in [7, 11) is 0. The zero-order chi connectivity index (χ0) is 17.8. The molecule has 2 aromatic rings. The minimum Gasteiger partial charge on any atom is -0.452 e. The SMILES string of the molecule is C[C@H]1CCCCN1C(=O)COC(=O)/C=C/c1sc2ccccc2c1Cl. The summed E-state index contributed by atoms with van der Waals surface area (Å²) in [6, 6.07) is 8.02. The number of ether oxygens (including phenoxy) is 1. The fourth-order valence-electron chi connectivity index (χ4n) is 3.02. The maximum absolute atomic E-state index is 12.2. The first-order valence-electron chi connectivity index (χ1n) is 8.37. The molecule has 2 heterocycles. The summed E-state index contributed by atoms with van der Waals surface area (Å²) < 4.78 is 6.15. The Morgan fingerprint density at radius 3 is 2.92 bits per heavy atom. The molecule has 1 aliphatic heterocycles. The molecule has 132 valence electrons. The van der Waals surface area contributed by atoms with Crippen molar-refractivity contribution >= 4 is 51.0 Å². The highest BCUT2D eigenvalue weighted by atomic mass is 35.5. The smallest absolute Gasteiger partial charge is 0.331 e. The molecule has 0 unspecified atom stereocenters. The molecule has 1 aromatic carbocycles. The molecular formula is C19H20ClNO3S. The van der Waals surface area contributed by atoms with Crippen LogP contribution in [0.25, 0.3) is 16.2 Å². The Morgan fingerprint density at radius 1 is 1.36 bits per heavy atom. The van der Waals surface area contributed by atoms with Crippen molar-refractivity contribution in [3.8, 4) is 0 Å². The highest BCUT2D eigenvalue weighted by Gasteiger charge is 2.23. The van der Waals surface area contributed by atoms with Gasteiger partial charge in [-0.3, -0.25) is 4.79 Å². The van der Waals surface area contributed by atoms with E-state index in [2.05, 4.69) is 0 Å². The fourth-order valence-corrected chi connectivity index (χ4v) is 4.42. The molecule has 0 bridgehead atoms. The van der Waals surface area contributed by atoms with Gasteiger partial charge in [0, 0.05) is 33.6 Å². The van der Waals surface area contributed by atoms with E-state index in [1.807, 2.05) is 31.2 Å². The third kappa shape index (κ3) is 4.22. The number of carbonyl (C=O) groups excluding carboxylic acids is 2. The maximum atomic E-state index is 12.2. The minimum absolute atomic E-state index is 0.131. The van der Waals surface area contributed by atoms with Crippen LogP contribution in [0.3, 0.4) is 0 Å². The van der Waals surface area contributed by atoms with E-state index < -0.39 is 5.97 Å². The number of benzene rings is 1. The average molecular weight is 378 g/mol. The number of hydrogen-bond acceptors (Lipinski definition) is 4. The molecule has 0 saturated carbocycles. The first-order valence-corrected chi connectivity index (χ1v) is 9.57. The number of esters is 1. The van der Waals surface area contributed by atoms with E-state index in [4.69, 9.17) is 16.3 Å². The highest BCUT2D eigenvalue weighted by molar-refractivity contribution is 7.20. The Kier molecular flexibility index (Phi) is 5.76. The quantitative estimate of drug-likeness (QED) is 0.581. The van der Waals surface area contributed by atoms with Gasteiger partial charge in [-0.05, 0) is 38.3 Å². The minimum atomic E-state index is -0.536. The first-order chi connectivity index (χ1) is 12.1. The summed E-state index contributed by atoms with van der Waals surface area (Å²) in [5, 5.41) is 1.60. The van der Waals surface area contributed by atoms with Crippen molar-refractivity contribution in [3.05, 3.63) is 40.2 Å². The van der Waals surface area contributed by atoms with Gasteiger partial charge in [0.15, 0.2) is 6.61 Å². The second-order valence-electron chi connectivity index (χ2n) is 6.15. The van der Waals surface area contributed by atoms with Crippen LogP contribution in [-0.4, -0.2) is 36.0 Å². The van der Waals surface area contributed by atoms with Crippen molar-refractivity contribution < 1.29 is 14.3 Å². The maximum Gasteiger partial charge on any atom is 0.331 e.